The van der Waals surface area contributed by atoms with Crippen molar-refractivity contribution in [2.24, 2.45) is 7.05 Å². The molecule has 1 aromatic heterocycles. The fraction of sp³-hybridized carbons (Fsp3) is 0.262. The highest BCUT2D eigenvalue weighted by Gasteiger charge is 2.33. The number of nitrogen functional groups attached to an aromatic ring is 1. The number of sulfonamides is 1. The molecule has 4 aromatic carbocycles. The Hall–Kier alpha value is -6.20. The van der Waals surface area contributed by atoms with Crippen LogP contribution in [-0.2, 0) is 37.9 Å². The molecule has 58 heavy (non-hydrogen) atoms. The van der Waals surface area contributed by atoms with Gasteiger partial charge in [-0.25, -0.2) is 13.1 Å². The van der Waals surface area contributed by atoms with Crippen LogP contribution in [0.15, 0.2) is 125 Å². The third-order valence-electron chi connectivity index (χ3n) is 9.82. The number of anilines is 2. The molecular weight excluding hydrogens is 765 g/mol. The molecule has 0 saturated carbocycles. The van der Waals surface area contributed by atoms with Crippen molar-refractivity contribution in [3.63, 3.8) is 0 Å². The van der Waals surface area contributed by atoms with Crippen molar-refractivity contribution in [3.05, 3.63) is 148 Å². The Morgan fingerprint density at radius 1 is 0.948 bits per heavy atom. The van der Waals surface area contributed by atoms with Crippen LogP contribution in [0.2, 0.25) is 0 Å². The Kier molecular flexibility index (Phi) is 13.1. The fourth-order valence-electron chi connectivity index (χ4n) is 6.63. The van der Waals surface area contributed by atoms with Gasteiger partial charge in [-0.1, -0.05) is 42.5 Å². The number of aliphatic hydroxyl groups is 1. The van der Waals surface area contributed by atoms with E-state index in [9.17, 15) is 27.9 Å². The van der Waals surface area contributed by atoms with Crippen LogP contribution in [0.1, 0.15) is 39.5 Å². The number of aromatic nitrogens is 2. The molecular formula is C42H46N6O9S. The van der Waals surface area contributed by atoms with Gasteiger partial charge in [0.1, 0.15) is 5.75 Å². The minimum Gasteiger partial charge on any atom is -0.497 e. The van der Waals surface area contributed by atoms with E-state index in [1.165, 1.54) is 31.4 Å². The first-order valence-electron chi connectivity index (χ1n) is 18.5. The number of carbonyl (C=O) groups is 2. The van der Waals surface area contributed by atoms with Gasteiger partial charge in [-0.15, -0.1) is 0 Å². The van der Waals surface area contributed by atoms with Gasteiger partial charge in [0.05, 0.1) is 42.3 Å². The number of hydrogen-bond acceptors (Lipinski definition) is 10. The third kappa shape index (κ3) is 9.32. The molecule has 0 fully saturated rings. The molecule has 5 aromatic rings. The lowest BCUT2D eigenvalue weighted by Gasteiger charge is -2.29. The zero-order valence-corrected chi connectivity index (χ0v) is 33.1. The predicted octanol–water partition coefficient (Wildman–Crippen LogP) is 4.06. The average molecular weight is 811 g/mol. The topological polar surface area (TPSA) is 196 Å². The summed E-state index contributed by atoms with van der Waals surface area (Å²) in [4.78, 5) is 40.6. The third-order valence-corrected chi connectivity index (χ3v) is 11.7. The first kappa shape index (κ1) is 41.4. The quantitative estimate of drug-likeness (QED) is 0.106. The first-order chi connectivity index (χ1) is 27.9. The molecule has 5 N–H and O–H groups in total. The Balaban J connectivity index is 1.19. The number of allylic oxidation sites excluding steroid dienone is 1. The van der Waals surface area contributed by atoms with E-state index < -0.39 is 34.7 Å². The second kappa shape index (κ2) is 18.4. The number of amides is 2. The lowest BCUT2D eigenvalue weighted by molar-refractivity contribution is -0.146. The van der Waals surface area contributed by atoms with Crippen LogP contribution >= 0.6 is 0 Å². The Morgan fingerprint density at radius 2 is 1.64 bits per heavy atom. The summed E-state index contributed by atoms with van der Waals surface area (Å²) in [5.41, 5.74) is 9.51. The number of aliphatic hydroxyl groups excluding tert-OH is 1. The Labute approximate surface area is 336 Å². The molecule has 6 rings (SSSR count). The zero-order chi connectivity index (χ0) is 41.4. The van der Waals surface area contributed by atoms with Crippen molar-refractivity contribution < 1.29 is 37.3 Å². The zero-order valence-electron chi connectivity index (χ0n) is 32.3. The van der Waals surface area contributed by atoms with Gasteiger partial charge in [0.25, 0.3) is 17.4 Å². The van der Waals surface area contributed by atoms with Crippen LogP contribution in [0.3, 0.4) is 0 Å². The second-order valence-corrected chi connectivity index (χ2v) is 15.4. The van der Waals surface area contributed by atoms with Crippen molar-refractivity contribution in [3.8, 4) is 11.4 Å². The standard InChI is InChI=1S/C42H46N6O9S/c1-28-39(42(52)48(46(28)2)32-9-5-4-6-10-32)31-25-37(41(51)44-27-29-13-15-30(16-14-29)40(50)45-36-12-8-7-11-35(36)43)57-38(26-31)56-24-22-47(21-23-49)58(53,54)34-19-17-33(55-3)18-20-34/h4-20,25,31,38,49H,21-24,26-27,43H2,1-3H3,(H,44,51)(H,45,50). The van der Waals surface area contributed by atoms with Crippen LogP contribution in [0, 0.1) is 6.92 Å². The number of nitrogens with one attached hydrogen (secondary N) is 2. The number of benzene rings is 4. The highest BCUT2D eigenvalue weighted by Crippen LogP contribution is 2.32. The molecule has 1 aliphatic heterocycles. The van der Waals surface area contributed by atoms with Crippen molar-refractivity contribution in [2.45, 2.75) is 37.0 Å². The maximum absolute atomic E-state index is 14.1. The smallest absolute Gasteiger partial charge is 0.286 e. The maximum Gasteiger partial charge on any atom is 0.286 e. The number of rotatable bonds is 16. The van der Waals surface area contributed by atoms with Gasteiger partial charge in [0.15, 0.2) is 5.76 Å². The summed E-state index contributed by atoms with van der Waals surface area (Å²) >= 11 is 0. The lowest BCUT2D eigenvalue weighted by atomic mass is 9.93. The number of methoxy groups -OCH3 is 1. The molecule has 0 saturated heterocycles. The number of para-hydroxylation sites is 3. The number of nitrogens with two attached hydrogens (primary N) is 1. The van der Waals surface area contributed by atoms with Crippen LogP contribution in [0.4, 0.5) is 11.4 Å². The molecule has 2 atom stereocenters. The summed E-state index contributed by atoms with van der Waals surface area (Å²) in [5.74, 6) is -1.11. The van der Waals surface area contributed by atoms with Crippen molar-refractivity contribution in [2.75, 3.05) is 44.5 Å². The molecule has 2 unspecified atom stereocenters. The highest BCUT2D eigenvalue weighted by atomic mass is 32.2. The van der Waals surface area contributed by atoms with E-state index in [0.29, 0.717) is 45.2 Å². The number of nitrogens with zero attached hydrogens (tertiary/aromatic N) is 3. The summed E-state index contributed by atoms with van der Waals surface area (Å²) in [7, 11) is -0.760. The molecule has 16 heteroatoms. The van der Waals surface area contributed by atoms with E-state index in [2.05, 4.69) is 10.6 Å². The molecule has 15 nitrogen and oxygen atoms in total. The molecule has 2 amide bonds. The van der Waals surface area contributed by atoms with Crippen LogP contribution < -0.4 is 26.7 Å². The molecule has 0 aliphatic carbocycles. The van der Waals surface area contributed by atoms with Gasteiger partial charge in [0.2, 0.25) is 16.3 Å². The van der Waals surface area contributed by atoms with E-state index in [1.54, 1.807) is 71.0 Å². The van der Waals surface area contributed by atoms with E-state index in [4.69, 9.17) is 19.9 Å². The molecule has 1 aliphatic rings. The molecule has 0 radical (unpaired) electrons. The summed E-state index contributed by atoms with van der Waals surface area (Å²) in [6, 6.07) is 28.7. The molecule has 2 heterocycles. The number of carbonyl (C=O) groups excluding carboxylic acids is 2. The van der Waals surface area contributed by atoms with Gasteiger partial charge in [0, 0.05) is 55.8 Å². The van der Waals surface area contributed by atoms with Crippen molar-refractivity contribution in [1.82, 2.24) is 19.0 Å². The molecule has 0 spiro atoms. The second-order valence-electron chi connectivity index (χ2n) is 13.5. The van der Waals surface area contributed by atoms with E-state index in [0.717, 1.165) is 4.31 Å². The monoisotopic (exact) mass is 810 g/mol. The van der Waals surface area contributed by atoms with Gasteiger partial charge in [-0.05, 0) is 79.2 Å². The van der Waals surface area contributed by atoms with Crippen LogP contribution in [0.5, 0.6) is 5.75 Å². The first-order valence-corrected chi connectivity index (χ1v) is 20.0. The van der Waals surface area contributed by atoms with Crippen LogP contribution in [-0.4, -0.2) is 78.7 Å². The fourth-order valence-corrected chi connectivity index (χ4v) is 8.05. The average Bonchev–Trinajstić information content (AvgIpc) is 3.46. The normalized spacial score (nSPS) is 15.4. The van der Waals surface area contributed by atoms with E-state index in [1.807, 2.05) is 37.3 Å². The van der Waals surface area contributed by atoms with Gasteiger partial charge in [-0.2, -0.15) is 4.31 Å². The SMILES string of the molecule is COc1ccc(S(=O)(=O)N(CCO)CCOC2CC(c3c(C)n(C)n(-c4ccccc4)c3=O)C=C(C(=O)NCc3ccc(C(=O)Nc4ccccc4N)cc3)O2)cc1. The summed E-state index contributed by atoms with van der Waals surface area (Å²) < 4.78 is 48.7. The van der Waals surface area contributed by atoms with Crippen molar-refractivity contribution >= 4 is 33.2 Å². The predicted molar refractivity (Wildman–Crippen MR) is 218 cm³/mol. The maximum atomic E-state index is 14.1. The van der Waals surface area contributed by atoms with Gasteiger partial charge in [-0.3, -0.25) is 19.1 Å². The lowest BCUT2D eigenvalue weighted by Crippen LogP contribution is -2.38. The van der Waals surface area contributed by atoms with Gasteiger partial charge >= 0.3 is 0 Å². The molecule has 304 valence electrons. The summed E-state index contributed by atoms with van der Waals surface area (Å²) in [6.07, 6.45) is 0.703. The van der Waals surface area contributed by atoms with Crippen molar-refractivity contribution in [1.29, 1.82) is 0 Å². The number of hydrogen-bond donors (Lipinski definition) is 4. The largest absolute Gasteiger partial charge is 0.497 e. The van der Waals surface area contributed by atoms with Gasteiger partial charge < -0.3 is 35.7 Å². The number of ether oxygens (including phenoxy) is 3. The van der Waals surface area contributed by atoms with E-state index in [-0.39, 0.29) is 54.8 Å². The Morgan fingerprint density at radius 3 is 2.31 bits per heavy atom. The summed E-state index contributed by atoms with van der Waals surface area (Å²) in [5, 5.41) is 15.4. The molecule has 0 bridgehead atoms. The van der Waals surface area contributed by atoms with Crippen LogP contribution in [0.25, 0.3) is 5.69 Å². The van der Waals surface area contributed by atoms with E-state index >= 15 is 0 Å². The summed E-state index contributed by atoms with van der Waals surface area (Å²) in [6.45, 7) is 1.01. The minimum absolute atomic E-state index is 0.0159. The highest BCUT2D eigenvalue weighted by molar-refractivity contribution is 7.89. The Bertz CT molecular complexity index is 2430. The minimum atomic E-state index is -4.02.